The lowest BCUT2D eigenvalue weighted by Crippen LogP contribution is -1.98. The van der Waals surface area contributed by atoms with Crippen LogP contribution in [0.2, 0.25) is 0 Å². The van der Waals surface area contributed by atoms with Crippen LogP contribution in [-0.2, 0) is 7.05 Å². The number of carboxylic acids is 1. The highest BCUT2D eigenvalue weighted by atomic mass is 16.6. The third-order valence-electron chi connectivity index (χ3n) is 2.77. The molecule has 102 valence electrons. The number of aromatic carboxylic acids is 1. The van der Waals surface area contributed by atoms with Gasteiger partial charge in [-0.25, -0.2) is 14.3 Å². The topological polar surface area (TPSA) is 98.3 Å². The van der Waals surface area contributed by atoms with E-state index in [-0.39, 0.29) is 11.4 Å². The quantitative estimate of drug-likeness (QED) is 0.680. The van der Waals surface area contributed by atoms with Crippen molar-refractivity contribution in [2.75, 3.05) is 0 Å². The Labute approximate surface area is 114 Å². The predicted molar refractivity (Wildman–Crippen MR) is 72.2 cm³/mol. The molecule has 0 fully saturated rings. The van der Waals surface area contributed by atoms with Crippen LogP contribution in [0.15, 0.2) is 30.5 Å². The Morgan fingerprint density at radius 2 is 2.00 bits per heavy atom. The Morgan fingerprint density at radius 3 is 2.50 bits per heavy atom. The molecule has 0 aliphatic carbocycles. The van der Waals surface area contributed by atoms with Crippen LogP contribution in [0.5, 0.6) is 0 Å². The van der Waals surface area contributed by atoms with E-state index in [4.69, 9.17) is 5.11 Å². The van der Waals surface area contributed by atoms with Crippen molar-refractivity contribution in [3.63, 3.8) is 0 Å². The average Bonchev–Trinajstić information content (AvgIpc) is 2.78. The van der Waals surface area contributed by atoms with Crippen molar-refractivity contribution in [3.8, 4) is 0 Å². The number of nitrogens with zero attached hydrogens (tertiary/aromatic N) is 3. The maximum Gasteiger partial charge on any atom is 0.342 e. The van der Waals surface area contributed by atoms with Crippen LogP contribution in [0.1, 0.15) is 21.7 Å². The molecule has 0 bridgehead atoms. The summed E-state index contributed by atoms with van der Waals surface area (Å²) in [6.45, 7) is 0. The van der Waals surface area contributed by atoms with Gasteiger partial charge in [0.25, 0.3) is 0 Å². The summed E-state index contributed by atoms with van der Waals surface area (Å²) in [6, 6.07) is 6.28. The second kappa shape index (κ2) is 5.35. The van der Waals surface area contributed by atoms with E-state index >= 15 is 0 Å². The molecule has 1 aromatic carbocycles. The zero-order chi connectivity index (χ0) is 14.7. The van der Waals surface area contributed by atoms with Gasteiger partial charge in [-0.1, -0.05) is 12.1 Å². The monoisotopic (exact) mass is 273 g/mol. The van der Waals surface area contributed by atoms with E-state index in [0.29, 0.717) is 5.82 Å². The van der Waals surface area contributed by atoms with Crippen molar-refractivity contribution in [2.24, 2.45) is 7.05 Å². The fourth-order valence-electron chi connectivity index (χ4n) is 1.65. The number of aromatic nitrogens is 2. The normalized spacial score (nSPS) is 10.8. The number of nitro groups is 1. The van der Waals surface area contributed by atoms with E-state index in [1.54, 1.807) is 31.3 Å². The van der Waals surface area contributed by atoms with Crippen LogP contribution < -0.4 is 0 Å². The van der Waals surface area contributed by atoms with E-state index < -0.39 is 10.9 Å². The Bertz CT molecular complexity index is 686. The van der Waals surface area contributed by atoms with Crippen molar-refractivity contribution >= 4 is 23.9 Å². The first kappa shape index (κ1) is 13.5. The molecule has 20 heavy (non-hydrogen) atoms. The Morgan fingerprint density at radius 1 is 1.35 bits per heavy atom. The van der Waals surface area contributed by atoms with Gasteiger partial charge in [-0.2, -0.15) is 0 Å². The third kappa shape index (κ3) is 2.72. The molecule has 0 saturated carbocycles. The number of hydrogen-bond acceptors (Lipinski definition) is 4. The van der Waals surface area contributed by atoms with Gasteiger partial charge in [0.1, 0.15) is 6.20 Å². The van der Waals surface area contributed by atoms with Gasteiger partial charge < -0.3 is 15.2 Å². The molecule has 0 radical (unpaired) electrons. The summed E-state index contributed by atoms with van der Waals surface area (Å²) in [5.74, 6) is -0.634. The molecule has 0 amide bonds. The van der Waals surface area contributed by atoms with Crippen LogP contribution >= 0.6 is 0 Å². The molecule has 0 atom stereocenters. The van der Waals surface area contributed by atoms with Crippen LogP contribution in [0, 0.1) is 10.1 Å². The molecule has 2 rings (SSSR count). The Hall–Kier alpha value is -2.96. The summed E-state index contributed by atoms with van der Waals surface area (Å²) in [5.41, 5.74) is 0.982. The molecule has 0 aliphatic heterocycles. The molecule has 0 saturated heterocycles. The van der Waals surface area contributed by atoms with Crippen molar-refractivity contribution < 1.29 is 14.8 Å². The van der Waals surface area contributed by atoms with Gasteiger partial charge in [0, 0.05) is 6.08 Å². The second-order valence-electron chi connectivity index (χ2n) is 4.05. The fraction of sp³-hybridized carbons (Fsp3) is 0.0769. The van der Waals surface area contributed by atoms with Crippen molar-refractivity contribution in [2.45, 2.75) is 0 Å². The minimum Gasteiger partial charge on any atom is -0.478 e. The fourth-order valence-corrected chi connectivity index (χ4v) is 1.65. The maximum absolute atomic E-state index is 10.7. The highest BCUT2D eigenvalue weighted by molar-refractivity contribution is 5.88. The van der Waals surface area contributed by atoms with Gasteiger partial charge in [0.05, 0.1) is 12.6 Å². The van der Waals surface area contributed by atoms with Gasteiger partial charge >= 0.3 is 11.8 Å². The van der Waals surface area contributed by atoms with Crippen molar-refractivity contribution in [3.05, 3.63) is 57.5 Å². The Balaban J connectivity index is 2.21. The molecule has 2 aromatic rings. The SMILES string of the molecule is Cn1c([N+](=O)[O-])cnc1C=Cc1ccc(C(=O)O)cc1. The lowest BCUT2D eigenvalue weighted by molar-refractivity contribution is -0.391. The first-order valence-electron chi connectivity index (χ1n) is 5.66. The molecular weight excluding hydrogens is 262 g/mol. The second-order valence-corrected chi connectivity index (χ2v) is 4.05. The van der Waals surface area contributed by atoms with Crippen LogP contribution in [0.4, 0.5) is 5.82 Å². The number of carbonyl (C=O) groups is 1. The van der Waals surface area contributed by atoms with Crippen LogP contribution in [0.25, 0.3) is 12.2 Å². The summed E-state index contributed by atoms with van der Waals surface area (Å²) in [6.07, 6.45) is 4.52. The minimum absolute atomic E-state index is 0.0918. The molecule has 0 spiro atoms. The van der Waals surface area contributed by atoms with E-state index in [0.717, 1.165) is 5.56 Å². The van der Waals surface area contributed by atoms with Gasteiger partial charge in [-0.05, 0) is 28.7 Å². The van der Waals surface area contributed by atoms with Crippen molar-refractivity contribution in [1.29, 1.82) is 0 Å². The van der Waals surface area contributed by atoms with E-state index in [2.05, 4.69) is 4.98 Å². The number of rotatable bonds is 4. The first-order valence-corrected chi connectivity index (χ1v) is 5.66. The number of benzene rings is 1. The lowest BCUT2D eigenvalue weighted by Gasteiger charge is -1.96. The van der Waals surface area contributed by atoms with Gasteiger partial charge in [-0.15, -0.1) is 0 Å². The van der Waals surface area contributed by atoms with Crippen LogP contribution in [0.3, 0.4) is 0 Å². The van der Waals surface area contributed by atoms with E-state index in [1.165, 1.54) is 22.9 Å². The summed E-state index contributed by atoms with van der Waals surface area (Å²) in [5, 5.41) is 19.5. The number of imidazole rings is 1. The smallest absolute Gasteiger partial charge is 0.342 e. The molecule has 1 heterocycles. The minimum atomic E-state index is -0.986. The van der Waals surface area contributed by atoms with E-state index in [1.807, 2.05) is 0 Å². The molecular formula is C13H11N3O4. The molecule has 0 aliphatic rings. The molecule has 1 N–H and O–H groups in total. The number of carboxylic acid groups (broad SMARTS) is 1. The van der Waals surface area contributed by atoms with Gasteiger partial charge in [0.15, 0.2) is 0 Å². The lowest BCUT2D eigenvalue weighted by atomic mass is 10.1. The molecule has 7 nitrogen and oxygen atoms in total. The molecule has 0 unspecified atom stereocenters. The van der Waals surface area contributed by atoms with E-state index in [9.17, 15) is 14.9 Å². The maximum atomic E-state index is 10.7. The summed E-state index contributed by atoms with van der Waals surface area (Å²) >= 11 is 0. The summed E-state index contributed by atoms with van der Waals surface area (Å²) in [4.78, 5) is 24.8. The highest BCUT2D eigenvalue weighted by Gasteiger charge is 2.13. The largest absolute Gasteiger partial charge is 0.478 e. The van der Waals surface area contributed by atoms with Gasteiger partial charge in [-0.3, -0.25) is 0 Å². The predicted octanol–water partition coefficient (Wildman–Crippen LogP) is 2.20. The average molecular weight is 273 g/mol. The first-order chi connectivity index (χ1) is 9.49. The standard InChI is InChI=1S/C13H11N3O4/c1-15-11(14-8-12(15)16(19)20)7-4-9-2-5-10(6-3-9)13(17)18/h2-8H,1H3,(H,17,18). The zero-order valence-corrected chi connectivity index (χ0v) is 10.6. The third-order valence-corrected chi connectivity index (χ3v) is 2.77. The summed E-state index contributed by atoms with van der Waals surface area (Å²) < 4.78 is 1.36. The molecule has 1 aromatic heterocycles. The Kier molecular flexibility index (Phi) is 3.60. The highest BCUT2D eigenvalue weighted by Crippen LogP contribution is 2.14. The van der Waals surface area contributed by atoms with Crippen LogP contribution in [-0.4, -0.2) is 25.6 Å². The molecule has 7 heteroatoms. The van der Waals surface area contributed by atoms with Gasteiger partial charge in [0.2, 0.25) is 5.82 Å². The number of hydrogen-bond donors (Lipinski definition) is 1. The zero-order valence-electron chi connectivity index (χ0n) is 10.6. The van der Waals surface area contributed by atoms with Crippen molar-refractivity contribution in [1.82, 2.24) is 9.55 Å². The summed E-state index contributed by atoms with van der Waals surface area (Å²) in [7, 11) is 1.55.